The van der Waals surface area contributed by atoms with E-state index in [1.165, 1.54) is 38.8 Å². The Morgan fingerprint density at radius 1 is 0.846 bits per heavy atom. The molecule has 2 aliphatic carbocycles. The summed E-state index contributed by atoms with van der Waals surface area (Å²) in [6.07, 6.45) is 0. The zero-order valence-electron chi connectivity index (χ0n) is 14.6. The third-order valence-corrected chi connectivity index (χ3v) is 5.89. The topological polar surface area (TPSA) is 12.9 Å². The molecule has 1 aromatic heterocycles. The van der Waals surface area contributed by atoms with E-state index in [4.69, 9.17) is 4.98 Å². The Labute approximate surface area is 166 Å². The molecule has 0 saturated heterocycles. The summed E-state index contributed by atoms with van der Waals surface area (Å²) in [5.41, 5.74) is 11.3. The summed E-state index contributed by atoms with van der Waals surface area (Å²) in [6, 6.07) is 25.0. The van der Waals surface area contributed by atoms with Crippen LogP contribution in [0.5, 0.6) is 0 Å². The van der Waals surface area contributed by atoms with E-state index in [-0.39, 0.29) is 25.5 Å². The van der Waals surface area contributed by atoms with Crippen LogP contribution in [-0.2, 0) is 25.5 Å². The van der Waals surface area contributed by atoms with Crippen LogP contribution in [-0.4, -0.2) is 4.98 Å². The third kappa shape index (κ3) is 1.72. The molecule has 4 aromatic rings. The van der Waals surface area contributed by atoms with E-state index in [1.54, 1.807) is 0 Å². The van der Waals surface area contributed by atoms with E-state index in [0.717, 1.165) is 16.8 Å². The van der Waals surface area contributed by atoms with Crippen molar-refractivity contribution >= 4 is 10.9 Å². The average Bonchev–Trinajstić information content (AvgIpc) is 3.08. The predicted octanol–water partition coefficient (Wildman–Crippen LogP) is 5.99. The van der Waals surface area contributed by atoms with Gasteiger partial charge in [-0.2, -0.15) is 0 Å². The summed E-state index contributed by atoms with van der Waals surface area (Å²) < 4.78 is 0. The van der Waals surface area contributed by atoms with Crippen molar-refractivity contribution in [3.63, 3.8) is 0 Å². The molecule has 0 bridgehead atoms. The molecule has 2 heteroatoms. The van der Waals surface area contributed by atoms with E-state index in [9.17, 15) is 0 Å². The second kappa shape index (κ2) is 5.13. The van der Waals surface area contributed by atoms with E-state index in [1.807, 2.05) is 6.07 Å². The van der Waals surface area contributed by atoms with Crippen molar-refractivity contribution in [3.8, 4) is 33.5 Å². The number of nitrogens with zero attached hydrogens (tertiary/aromatic N) is 1. The van der Waals surface area contributed by atoms with Gasteiger partial charge in [0.2, 0.25) is 0 Å². The molecule has 0 aliphatic heterocycles. The minimum Gasteiger partial charge on any atom is -0.296 e. The van der Waals surface area contributed by atoms with Crippen LogP contribution in [0, 0.1) is 6.07 Å². The first-order chi connectivity index (χ1) is 12.2. The fraction of sp³-hybridized carbons (Fsp3) is 0.125. The van der Waals surface area contributed by atoms with Gasteiger partial charge in [-0.25, -0.2) is 0 Å². The zero-order valence-corrected chi connectivity index (χ0v) is 16.9. The van der Waals surface area contributed by atoms with E-state index < -0.39 is 0 Å². The van der Waals surface area contributed by atoms with Crippen LogP contribution < -0.4 is 0 Å². The van der Waals surface area contributed by atoms with Crippen molar-refractivity contribution < 1.29 is 20.1 Å². The van der Waals surface area contributed by atoms with Gasteiger partial charge in [-0.1, -0.05) is 55.8 Å². The summed E-state index contributed by atoms with van der Waals surface area (Å²) in [5.74, 6) is 0. The van der Waals surface area contributed by atoms with Crippen LogP contribution >= 0.6 is 0 Å². The Bertz CT molecular complexity index is 1220. The molecular weight excluding hydrogens is 494 g/mol. The Morgan fingerprint density at radius 2 is 1.62 bits per heavy atom. The van der Waals surface area contributed by atoms with Gasteiger partial charge in [-0.3, -0.25) is 4.98 Å². The fourth-order valence-corrected chi connectivity index (χ4v) is 4.82. The van der Waals surface area contributed by atoms with Gasteiger partial charge in [0.05, 0.1) is 5.52 Å². The Morgan fingerprint density at radius 3 is 2.46 bits per heavy atom. The second-order valence-corrected chi connectivity index (χ2v) is 7.54. The molecule has 2 aliphatic rings. The average molecular weight is 511 g/mol. The number of hydrogen-bond acceptors (Lipinski definition) is 1. The maximum absolute atomic E-state index is 5.11. The van der Waals surface area contributed by atoms with Gasteiger partial charge in [-0.05, 0) is 39.4 Å². The smallest absolute Gasteiger partial charge is 0.0608 e. The minimum atomic E-state index is -0.0660. The maximum Gasteiger partial charge on any atom is 0.0608 e. The maximum atomic E-state index is 5.11. The number of benzene rings is 3. The summed E-state index contributed by atoms with van der Waals surface area (Å²) in [7, 11) is 0. The zero-order chi connectivity index (χ0) is 16.8. The van der Waals surface area contributed by atoms with Gasteiger partial charge in [0.1, 0.15) is 0 Å². The molecule has 3 aromatic carbocycles. The molecule has 0 N–H and O–H groups in total. The monoisotopic (exact) mass is 511 g/mol. The van der Waals surface area contributed by atoms with Crippen molar-refractivity contribution in [2.75, 3.05) is 0 Å². The van der Waals surface area contributed by atoms with Crippen LogP contribution in [0.3, 0.4) is 0 Å². The van der Waals surface area contributed by atoms with Gasteiger partial charge in [0, 0.05) is 25.5 Å². The van der Waals surface area contributed by atoms with Crippen molar-refractivity contribution in [2.45, 2.75) is 19.3 Å². The first-order valence-corrected chi connectivity index (χ1v) is 8.76. The standard InChI is InChI=1S/C24H16N.Ir/c1-24(2)18-12-6-5-10-17(18)23-22(24)21-16-9-4-3-8-14(16)15-11-7-13-19(25-23)20(15)21;/h3-9,11-13H,1-2H3;/q-1;. The van der Waals surface area contributed by atoms with Crippen molar-refractivity contribution in [1.82, 2.24) is 4.98 Å². The molecule has 1 nitrogen and oxygen atoms in total. The predicted molar refractivity (Wildman–Crippen MR) is 103 cm³/mol. The molecule has 0 unspecified atom stereocenters. The Kier molecular flexibility index (Phi) is 3.14. The van der Waals surface area contributed by atoms with Crippen LogP contribution in [0.2, 0.25) is 0 Å². The molecule has 1 heterocycles. The number of fused-ring (bicyclic) bond motifs is 7. The van der Waals surface area contributed by atoms with Gasteiger partial charge >= 0.3 is 0 Å². The van der Waals surface area contributed by atoms with E-state index in [2.05, 4.69) is 74.5 Å². The number of rotatable bonds is 0. The fourth-order valence-electron chi connectivity index (χ4n) is 4.82. The van der Waals surface area contributed by atoms with Crippen molar-refractivity contribution in [3.05, 3.63) is 77.9 Å². The molecule has 0 atom stereocenters. The van der Waals surface area contributed by atoms with Crippen LogP contribution in [0.15, 0.2) is 60.7 Å². The molecule has 0 saturated carbocycles. The quantitative estimate of drug-likeness (QED) is 0.233. The van der Waals surface area contributed by atoms with Gasteiger partial charge in [-0.15, -0.1) is 35.4 Å². The molecule has 0 spiro atoms. The van der Waals surface area contributed by atoms with Crippen molar-refractivity contribution in [1.29, 1.82) is 0 Å². The van der Waals surface area contributed by atoms with Crippen LogP contribution in [0.1, 0.15) is 25.0 Å². The molecule has 0 fully saturated rings. The van der Waals surface area contributed by atoms with E-state index >= 15 is 0 Å². The van der Waals surface area contributed by atoms with Gasteiger partial charge < -0.3 is 0 Å². The van der Waals surface area contributed by atoms with Crippen molar-refractivity contribution in [2.24, 2.45) is 0 Å². The minimum absolute atomic E-state index is 0. The van der Waals surface area contributed by atoms with Gasteiger partial charge in [0.25, 0.3) is 0 Å². The van der Waals surface area contributed by atoms with E-state index in [0.29, 0.717) is 0 Å². The molecule has 0 amide bonds. The Balaban J connectivity index is 0.00000150. The third-order valence-electron chi connectivity index (χ3n) is 5.89. The first-order valence-electron chi connectivity index (χ1n) is 8.76. The van der Waals surface area contributed by atoms with Crippen LogP contribution in [0.4, 0.5) is 0 Å². The van der Waals surface area contributed by atoms with Gasteiger partial charge in [0.15, 0.2) is 0 Å². The number of hydrogen-bond donors (Lipinski definition) is 0. The molecule has 1 radical (unpaired) electrons. The number of pyridine rings is 1. The molecule has 26 heavy (non-hydrogen) atoms. The summed E-state index contributed by atoms with van der Waals surface area (Å²) in [5, 5.41) is 1.31. The SMILES string of the molecule is CC1(C)c2ccc[c-]c2-c2nc3cccc4c3c(c21)-c1ccccc1-4.[Ir]. The summed E-state index contributed by atoms with van der Waals surface area (Å²) >= 11 is 0. The summed E-state index contributed by atoms with van der Waals surface area (Å²) in [6.45, 7) is 4.64. The first kappa shape index (κ1) is 15.9. The number of aromatic nitrogens is 1. The molecule has 6 rings (SSSR count). The van der Waals surface area contributed by atoms with Crippen LogP contribution in [0.25, 0.3) is 44.4 Å². The largest absolute Gasteiger partial charge is 0.296 e. The molecule has 127 valence electrons. The normalized spacial score (nSPS) is 14.5. The summed E-state index contributed by atoms with van der Waals surface area (Å²) in [4.78, 5) is 5.11. The molecular formula is C24H16IrN-. The second-order valence-electron chi connectivity index (χ2n) is 7.54. The Hall–Kier alpha value is -2.28.